The molecule has 1 heterocycles. The molecule has 0 atom stereocenters. The predicted molar refractivity (Wildman–Crippen MR) is 127 cm³/mol. The molecular weight excluding hydrogens is 384 g/mol. The second kappa shape index (κ2) is 9.25. The normalized spacial score (nSPS) is 16.1. The first-order valence-electron chi connectivity index (χ1n) is 11.3. The standard InChI is InChI=1S/C27H36N2O2/c1-20-9-6-7-12-23(20)22-11-8-10-21(17-22)18-27(25(31)28-5)13-15-29(16-14-27)24(30)19-26(2,3)4/h6-12,17H,13-16,18-19H2,1-5H3,(H,28,31). The minimum atomic E-state index is -0.475. The number of nitrogens with one attached hydrogen (secondary N) is 1. The molecule has 0 aliphatic carbocycles. The van der Waals surface area contributed by atoms with E-state index >= 15 is 0 Å². The molecule has 3 rings (SSSR count). The van der Waals surface area contributed by atoms with Crippen LogP contribution in [0.25, 0.3) is 11.1 Å². The maximum absolute atomic E-state index is 13.0. The highest BCUT2D eigenvalue weighted by Crippen LogP contribution is 2.37. The Balaban J connectivity index is 1.79. The Labute approximate surface area is 187 Å². The predicted octanol–water partition coefficient (Wildman–Crippen LogP) is 5.00. The van der Waals surface area contributed by atoms with Gasteiger partial charge in [0.25, 0.3) is 0 Å². The van der Waals surface area contributed by atoms with Gasteiger partial charge in [-0.15, -0.1) is 0 Å². The van der Waals surface area contributed by atoms with Gasteiger partial charge in [-0.25, -0.2) is 0 Å². The number of benzene rings is 2. The third kappa shape index (κ3) is 5.55. The number of hydrogen-bond acceptors (Lipinski definition) is 2. The van der Waals surface area contributed by atoms with Gasteiger partial charge in [-0.2, -0.15) is 0 Å². The number of carbonyl (C=O) groups excluding carboxylic acids is 2. The van der Waals surface area contributed by atoms with Crippen molar-refractivity contribution in [1.29, 1.82) is 0 Å². The van der Waals surface area contributed by atoms with E-state index in [-0.39, 0.29) is 17.2 Å². The fourth-order valence-electron chi connectivity index (χ4n) is 4.64. The van der Waals surface area contributed by atoms with E-state index < -0.39 is 5.41 Å². The molecule has 0 spiro atoms. The van der Waals surface area contributed by atoms with Crippen LogP contribution in [0.4, 0.5) is 0 Å². The minimum Gasteiger partial charge on any atom is -0.359 e. The molecule has 31 heavy (non-hydrogen) atoms. The SMILES string of the molecule is CNC(=O)C1(Cc2cccc(-c3ccccc3C)c2)CCN(C(=O)CC(C)(C)C)CC1. The highest BCUT2D eigenvalue weighted by atomic mass is 16.2. The van der Waals surface area contributed by atoms with Crippen molar-refractivity contribution in [2.24, 2.45) is 10.8 Å². The number of nitrogens with zero attached hydrogens (tertiary/aromatic N) is 1. The Morgan fingerprint density at radius 2 is 1.71 bits per heavy atom. The van der Waals surface area contributed by atoms with Gasteiger partial charge in [-0.3, -0.25) is 9.59 Å². The summed E-state index contributed by atoms with van der Waals surface area (Å²) in [5, 5.41) is 2.89. The molecule has 0 unspecified atom stereocenters. The van der Waals surface area contributed by atoms with E-state index in [2.05, 4.69) is 81.5 Å². The lowest BCUT2D eigenvalue weighted by atomic mass is 9.72. The fraction of sp³-hybridized carbons (Fsp3) is 0.481. The summed E-state index contributed by atoms with van der Waals surface area (Å²) < 4.78 is 0. The number of rotatable bonds is 5. The molecule has 2 aromatic rings. The van der Waals surface area contributed by atoms with Gasteiger partial charge in [0, 0.05) is 26.6 Å². The molecule has 166 valence electrons. The van der Waals surface area contributed by atoms with Crippen LogP contribution in [-0.4, -0.2) is 36.9 Å². The zero-order valence-electron chi connectivity index (χ0n) is 19.6. The van der Waals surface area contributed by atoms with Crippen LogP contribution in [0.2, 0.25) is 0 Å². The summed E-state index contributed by atoms with van der Waals surface area (Å²) in [6.07, 6.45) is 2.61. The van der Waals surface area contributed by atoms with Crippen molar-refractivity contribution in [3.63, 3.8) is 0 Å². The van der Waals surface area contributed by atoms with Crippen molar-refractivity contribution in [3.8, 4) is 11.1 Å². The van der Waals surface area contributed by atoms with Crippen molar-refractivity contribution in [1.82, 2.24) is 10.2 Å². The Morgan fingerprint density at radius 3 is 2.32 bits per heavy atom. The van der Waals surface area contributed by atoms with Crippen LogP contribution in [0.1, 0.15) is 51.2 Å². The summed E-state index contributed by atoms with van der Waals surface area (Å²) in [4.78, 5) is 27.6. The summed E-state index contributed by atoms with van der Waals surface area (Å²) >= 11 is 0. The average molecular weight is 421 g/mol. The van der Waals surface area contributed by atoms with Gasteiger partial charge < -0.3 is 10.2 Å². The molecule has 0 radical (unpaired) electrons. The molecular formula is C27H36N2O2. The first-order valence-corrected chi connectivity index (χ1v) is 11.3. The van der Waals surface area contributed by atoms with Crippen molar-refractivity contribution >= 4 is 11.8 Å². The van der Waals surface area contributed by atoms with Gasteiger partial charge >= 0.3 is 0 Å². The molecule has 2 amide bonds. The lowest BCUT2D eigenvalue weighted by molar-refractivity contribution is -0.141. The molecule has 2 aromatic carbocycles. The van der Waals surface area contributed by atoms with Crippen LogP contribution in [0.5, 0.6) is 0 Å². The minimum absolute atomic E-state index is 0.0254. The lowest BCUT2D eigenvalue weighted by Crippen LogP contribution is -2.51. The van der Waals surface area contributed by atoms with Gasteiger partial charge in [0.1, 0.15) is 0 Å². The Hall–Kier alpha value is -2.62. The van der Waals surface area contributed by atoms with E-state index in [0.717, 1.165) is 0 Å². The van der Waals surface area contributed by atoms with Crippen LogP contribution in [0.15, 0.2) is 48.5 Å². The van der Waals surface area contributed by atoms with Crippen LogP contribution in [-0.2, 0) is 16.0 Å². The summed E-state index contributed by atoms with van der Waals surface area (Å²) in [5.41, 5.74) is 4.31. The molecule has 1 N–H and O–H groups in total. The van der Waals surface area contributed by atoms with E-state index in [1.807, 2.05) is 4.90 Å². The van der Waals surface area contributed by atoms with Crippen LogP contribution >= 0.6 is 0 Å². The van der Waals surface area contributed by atoms with E-state index in [0.29, 0.717) is 38.8 Å². The van der Waals surface area contributed by atoms with Crippen LogP contribution in [0, 0.1) is 17.8 Å². The topological polar surface area (TPSA) is 49.4 Å². The van der Waals surface area contributed by atoms with Crippen molar-refractivity contribution in [2.75, 3.05) is 20.1 Å². The highest BCUT2D eigenvalue weighted by molar-refractivity contribution is 5.84. The number of aryl methyl sites for hydroxylation is 1. The van der Waals surface area contributed by atoms with E-state index in [4.69, 9.17) is 0 Å². The molecule has 0 saturated carbocycles. The maximum atomic E-state index is 13.0. The van der Waals surface area contributed by atoms with Crippen LogP contribution in [0.3, 0.4) is 0 Å². The van der Waals surface area contributed by atoms with Gasteiger partial charge in [-0.05, 0) is 53.9 Å². The molecule has 0 bridgehead atoms. The second-order valence-corrected chi connectivity index (χ2v) is 10.2. The molecule has 0 aromatic heterocycles. The molecule has 1 aliphatic heterocycles. The monoisotopic (exact) mass is 420 g/mol. The van der Waals surface area contributed by atoms with Crippen LogP contribution < -0.4 is 5.32 Å². The largest absolute Gasteiger partial charge is 0.359 e. The number of hydrogen-bond donors (Lipinski definition) is 1. The third-order valence-corrected chi connectivity index (χ3v) is 6.39. The first-order chi connectivity index (χ1) is 14.6. The quantitative estimate of drug-likeness (QED) is 0.740. The second-order valence-electron chi connectivity index (χ2n) is 10.2. The Kier molecular flexibility index (Phi) is 6.88. The van der Waals surface area contributed by atoms with Crippen molar-refractivity contribution < 1.29 is 9.59 Å². The fourth-order valence-corrected chi connectivity index (χ4v) is 4.64. The Morgan fingerprint density at radius 1 is 1.03 bits per heavy atom. The summed E-state index contributed by atoms with van der Waals surface area (Å²) in [5.74, 6) is 0.274. The number of carbonyl (C=O) groups is 2. The van der Waals surface area contributed by atoms with Gasteiger partial charge in [0.05, 0.1) is 5.41 Å². The number of amides is 2. The third-order valence-electron chi connectivity index (χ3n) is 6.39. The maximum Gasteiger partial charge on any atom is 0.226 e. The van der Waals surface area contributed by atoms with Crippen molar-refractivity contribution in [2.45, 2.75) is 53.4 Å². The molecule has 4 heteroatoms. The van der Waals surface area contributed by atoms with E-state index in [1.165, 1.54) is 22.3 Å². The molecule has 1 saturated heterocycles. The summed E-state index contributed by atoms with van der Waals surface area (Å²) in [6, 6.07) is 16.9. The van der Waals surface area contributed by atoms with Crippen molar-refractivity contribution in [3.05, 3.63) is 59.7 Å². The molecule has 4 nitrogen and oxygen atoms in total. The van der Waals surface area contributed by atoms with Gasteiger partial charge in [-0.1, -0.05) is 69.3 Å². The van der Waals surface area contributed by atoms with E-state index in [1.54, 1.807) is 7.05 Å². The van der Waals surface area contributed by atoms with Gasteiger partial charge in [0.2, 0.25) is 11.8 Å². The Bertz CT molecular complexity index is 934. The average Bonchev–Trinajstić information content (AvgIpc) is 2.73. The summed E-state index contributed by atoms with van der Waals surface area (Å²) in [7, 11) is 1.71. The smallest absolute Gasteiger partial charge is 0.226 e. The van der Waals surface area contributed by atoms with Gasteiger partial charge in [0.15, 0.2) is 0 Å². The first kappa shape index (κ1) is 23.1. The number of piperidine rings is 1. The number of likely N-dealkylation sites (tertiary alicyclic amines) is 1. The van der Waals surface area contributed by atoms with E-state index in [9.17, 15) is 9.59 Å². The molecule has 1 aliphatic rings. The zero-order valence-corrected chi connectivity index (χ0v) is 19.6. The summed E-state index contributed by atoms with van der Waals surface area (Å²) in [6.45, 7) is 9.67. The zero-order chi connectivity index (χ0) is 22.6. The molecule has 1 fully saturated rings. The lowest BCUT2D eigenvalue weighted by Gasteiger charge is -2.41. The highest BCUT2D eigenvalue weighted by Gasteiger charge is 2.42.